The molecular formula is C15H22Cl2N2O2. The molecule has 1 aromatic carbocycles. The standard InChI is InChI=1S/C15H21ClN2O2.ClH/c1-20-14(12-3-2-4-13(16)9-12)10-18-15(19)11-5-7-17-8-6-11;/h2-4,9,11,14,17H,5-8,10H2,1H3,(H,18,19);1H. The average molecular weight is 333 g/mol. The minimum atomic E-state index is -0.167. The zero-order valence-corrected chi connectivity index (χ0v) is 13.7. The van der Waals surface area contributed by atoms with Crippen molar-refractivity contribution in [3.05, 3.63) is 34.9 Å². The fraction of sp³-hybridized carbons (Fsp3) is 0.533. The van der Waals surface area contributed by atoms with E-state index in [1.54, 1.807) is 7.11 Å². The Hall–Kier alpha value is -0.810. The Labute approximate surface area is 137 Å². The van der Waals surface area contributed by atoms with E-state index in [0.717, 1.165) is 31.5 Å². The van der Waals surface area contributed by atoms with Crippen LogP contribution >= 0.6 is 24.0 Å². The summed E-state index contributed by atoms with van der Waals surface area (Å²) < 4.78 is 5.44. The Morgan fingerprint density at radius 2 is 2.19 bits per heavy atom. The maximum Gasteiger partial charge on any atom is 0.223 e. The van der Waals surface area contributed by atoms with Gasteiger partial charge >= 0.3 is 0 Å². The van der Waals surface area contributed by atoms with Crippen LogP contribution in [0.25, 0.3) is 0 Å². The van der Waals surface area contributed by atoms with Gasteiger partial charge in [0.25, 0.3) is 0 Å². The van der Waals surface area contributed by atoms with Crippen molar-refractivity contribution in [2.45, 2.75) is 18.9 Å². The van der Waals surface area contributed by atoms with Gasteiger partial charge < -0.3 is 15.4 Å². The van der Waals surface area contributed by atoms with Crippen molar-refractivity contribution in [1.82, 2.24) is 10.6 Å². The van der Waals surface area contributed by atoms with E-state index in [-0.39, 0.29) is 30.3 Å². The molecule has 1 aliphatic heterocycles. The first-order valence-corrected chi connectivity index (χ1v) is 7.35. The lowest BCUT2D eigenvalue weighted by molar-refractivity contribution is -0.126. The van der Waals surface area contributed by atoms with E-state index >= 15 is 0 Å². The third kappa shape index (κ3) is 5.47. The molecule has 0 spiro atoms. The lowest BCUT2D eigenvalue weighted by Crippen LogP contribution is -2.39. The molecule has 2 rings (SSSR count). The van der Waals surface area contributed by atoms with E-state index in [1.807, 2.05) is 24.3 Å². The predicted octanol–water partition coefficient (Wildman–Crippen LogP) is 2.57. The molecule has 1 aromatic rings. The minimum absolute atomic E-state index is 0. The molecule has 4 nitrogen and oxygen atoms in total. The second-order valence-corrected chi connectivity index (χ2v) is 5.49. The predicted molar refractivity (Wildman–Crippen MR) is 87.1 cm³/mol. The van der Waals surface area contributed by atoms with Crippen LogP contribution in [0.3, 0.4) is 0 Å². The second kappa shape index (κ2) is 9.26. The number of carbonyl (C=O) groups is 1. The molecule has 1 amide bonds. The molecule has 1 unspecified atom stereocenters. The quantitative estimate of drug-likeness (QED) is 0.871. The number of carbonyl (C=O) groups excluding carboxylic acids is 1. The summed E-state index contributed by atoms with van der Waals surface area (Å²) in [5.74, 6) is 0.240. The Morgan fingerprint density at radius 1 is 1.48 bits per heavy atom. The molecule has 21 heavy (non-hydrogen) atoms. The monoisotopic (exact) mass is 332 g/mol. The molecule has 0 bridgehead atoms. The number of hydrogen-bond acceptors (Lipinski definition) is 3. The van der Waals surface area contributed by atoms with Gasteiger partial charge in [0.1, 0.15) is 0 Å². The van der Waals surface area contributed by atoms with E-state index < -0.39 is 0 Å². The number of rotatable bonds is 5. The molecule has 2 N–H and O–H groups in total. The summed E-state index contributed by atoms with van der Waals surface area (Å²) in [5, 5.41) is 6.92. The van der Waals surface area contributed by atoms with Crippen LogP contribution in [0.5, 0.6) is 0 Å². The molecular weight excluding hydrogens is 311 g/mol. The number of piperidine rings is 1. The van der Waals surface area contributed by atoms with Gasteiger partial charge in [0.2, 0.25) is 5.91 Å². The van der Waals surface area contributed by atoms with Gasteiger partial charge in [-0.1, -0.05) is 23.7 Å². The normalized spacial score (nSPS) is 16.9. The van der Waals surface area contributed by atoms with Crippen LogP contribution in [-0.4, -0.2) is 32.7 Å². The fourth-order valence-electron chi connectivity index (χ4n) is 2.47. The van der Waals surface area contributed by atoms with Gasteiger partial charge in [0.05, 0.1) is 6.10 Å². The largest absolute Gasteiger partial charge is 0.375 e. The summed E-state index contributed by atoms with van der Waals surface area (Å²) in [7, 11) is 1.64. The van der Waals surface area contributed by atoms with Crippen molar-refractivity contribution in [3.8, 4) is 0 Å². The maximum atomic E-state index is 12.1. The third-order valence-corrected chi connectivity index (χ3v) is 3.91. The van der Waals surface area contributed by atoms with Crippen LogP contribution in [-0.2, 0) is 9.53 Å². The lowest BCUT2D eigenvalue weighted by Gasteiger charge is -2.23. The molecule has 0 radical (unpaired) electrons. The van der Waals surface area contributed by atoms with Gasteiger partial charge in [0, 0.05) is 24.6 Å². The SMILES string of the molecule is COC(CNC(=O)C1CCNCC1)c1cccc(Cl)c1.Cl. The van der Waals surface area contributed by atoms with Crippen molar-refractivity contribution in [2.24, 2.45) is 5.92 Å². The van der Waals surface area contributed by atoms with Crippen LogP contribution < -0.4 is 10.6 Å². The Kier molecular flexibility index (Phi) is 8.04. The van der Waals surface area contributed by atoms with E-state index in [1.165, 1.54) is 0 Å². The van der Waals surface area contributed by atoms with E-state index in [9.17, 15) is 4.79 Å². The van der Waals surface area contributed by atoms with Crippen LogP contribution in [0.1, 0.15) is 24.5 Å². The number of benzene rings is 1. The Morgan fingerprint density at radius 3 is 2.81 bits per heavy atom. The minimum Gasteiger partial charge on any atom is -0.375 e. The fourth-order valence-corrected chi connectivity index (χ4v) is 2.66. The molecule has 1 heterocycles. The first-order chi connectivity index (χ1) is 9.70. The second-order valence-electron chi connectivity index (χ2n) is 5.05. The highest BCUT2D eigenvalue weighted by Crippen LogP contribution is 2.20. The summed E-state index contributed by atoms with van der Waals surface area (Å²) in [5.41, 5.74) is 0.977. The summed E-state index contributed by atoms with van der Waals surface area (Å²) in [4.78, 5) is 12.1. The molecule has 1 fully saturated rings. The van der Waals surface area contributed by atoms with Crippen molar-refractivity contribution in [2.75, 3.05) is 26.7 Å². The maximum absolute atomic E-state index is 12.1. The molecule has 1 aliphatic rings. The third-order valence-electron chi connectivity index (χ3n) is 3.68. The highest BCUT2D eigenvalue weighted by molar-refractivity contribution is 6.30. The van der Waals surface area contributed by atoms with Gasteiger partial charge in [-0.05, 0) is 43.6 Å². The lowest BCUT2D eigenvalue weighted by atomic mass is 9.97. The van der Waals surface area contributed by atoms with Crippen LogP contribution in [0.15, 0.2) is 24.3 Å². The Bertz CT molecular complexity index is 451. The molecule has 1 saturated heterocycles. The van der Waals surface area contributed by atoms with Gasteiger partial charge in [-0.3, -0.25) is 4.79 Å². The van der Waals surface area contributed by atoms with Crippen molar-refractivity contribution >= 4 is 29.9 Å². The van der Waals surface area contributed by atoms with E-state index in [0.29, 0.717) is 11.6 Å². The van der Waals surface area contributed by atoms with Crippen LogP contribution in [0.4, 0.5) is 0 Å². The number of ether oxygens (including phenoxy) is 1. The van der Waals surface area contributed by atoms with Gasteiger partial charge in [0.15, 0.2) is 0 Å². The molecule has 0 saturated carbocycles. The van der Waals surface area contributed by atoms with E-state index in [2.05, 4.69) is 10.6 Å². The molecule has 1 atom stereocenters. The highest BCUT2D eigenvalue weighted by atomic mass is 35.5. The zero-order chi connectivity index (χ0) is 14.4. The van der Waals surface area contributed by atoms with Crippen molar-refractivity contribution < 1.29 is 9.53 Å². The van der Waals surface area contributed by atoms with Gasteiger partial charge in [-0.2, -0.15) is 0 Å². The van der Waals surface area contributed by atoms with Crippen molar-refractivity contribution in [3.63, 3.8) is 0 Å². The van der Waals surface area contributed by atoms with Gasteiger partial charge in [-0.25, -0.2) is 0 Å². The van der Waals surface area contributed by atoms with Crippen LogP contribution in [0.2, 0.25) is 5.02 Å². The van der Waals surface area contributed by atoms with Crippen LogP contribution in [0, 0.1) is 5.92 Å². The molecule has 118 valence electrons. The molecule has 0 aromatic heterocycles. The zero-order valence-electron chi connectivity index (χ0n) is 12.1. The number of methoxy groups -OCH3 is 1. The first kappa shape index (κ1) is 18.2. The summed E-state index contributed by atoms with van der Waals surface area (Å²) in [6, 6.07) is 7.53. The smallest absolute Gasteiger partial charge is 0.223 e. The average Bonchev–Trinajstić information content (AvgIpc) is 2.48. The Balaban J connectivity index is 0.00000220. The van der Waals surface area contributed by atoms with Crippen molar-refractivity contribution in [1.29, 1.82) is 0 Å². The molecule has 0 aliphatic carbocycles. The highest BCUT2D eigenvalue weighted by Gasteiger charge is 2.21. The number of nitrogens with one attached hydrogen (secondary N) is 2. The molecule has 6 heteroatoms. The van der Waals surface area contributed by atoms with Gasteiger partial charge in [-0.15, -0.1) is 12.4 Å². The number of hydrogen-bond donors (Lipinski definition) is 2. The topological polar surface area (TPSA) is 50.4 Å². The summed E-state index contributed by atoms with van der Waals surface area (Å²) in [6.45, 7) is 2.31. The summed E-state index contributed by atoms with van der Waals surface area (Å²) >= 11 is 5.98. The number of halogens is 2. The van der Waals surface area contributed by atoms with E-state index in [4.69, 9.17) is 16.3 Å². The summed E-state index contributed by atoms with van der Waals surface area (Å²) in [6.07, 6.45) is 1.64. The first-order valence-electron chi connectivity index (χ1n) is 6.97. The number of amides is 1.